The van der Waals surface area contributed by atoms with Gasteiger partial charge in [-0.3, -0.25) is 19.2 Å². The second-order valence-corrected chi connectivity index (χ2v) is 11.5. The Morgan fingerprint density at radius 1 is 1.02 bits per heavy atom. The number of ether oxygens (including phenoxy) is 1. The van der Waals surface area contributed by atoms with Gasteiger partial charge in [0.2, 0.25) is 11.8 Å². The maximum Gasteiger partial charge on any atom is 0.358 e. The van der Waals surface area contributed by atoms with Crippen molar-refractivity contribution < 1.29 is 28.7 Å². The lowest BCUT2D eigenvalue weighted by Crippen LogP contribution is -2.49. The van der Waals surface area contributed by atoms with Gasteiger partial charge in [-0.25, -0.2) is 19.7 Å². The number of hydrogen-bond acceptors (Lipinski definition) is 10. The molecule has 4 amide bonds. The summed E-state index contributed by atoms with van der Waals surface area (Å²) in [6.07, 6.45) is 3.85. The first-order valence-corrected chi connectivity index (χ1v) is 15.1. The minimum Gasteiger partial charge on any atom is -0.464 e. The van der Waals surface area contributed by atoms with E-state index in [2.05, 4.69) is 41.0 Å². The molecule has 3 heterocycles. The van der Waals surface area contributed by atoms with E-state index in [0.717, 1.165) is 18.0 Å². The molecule has 2 aromatic heterocycles. The molecule has 3 atom stereocenters. The number of fused-ring (bicyclic) bond motifs is 2. The first kappa shape index (κ1) is 32.2. The second kappa shape index (κ2) is 15.1. The van der Waals surface area contributed by atoms with Crippen LogP contribution in [0.1, 0.15) is 81.2 Å². The number of amides is 4. The highest BCUT2D eigenvalue weighted by molar-refractivity contribution is 7.09. The van der Waals surface area contributed by atoms with Gasteiger partial charge in [0.1, 0.15) is 28.5 Å². The standard InChI is InChI=1S/C30H35N7O6S/c1-17(2)24-29-36-23(16-44-29)28(41)35-20(13-18-9-5-4-6-10-18)25(38)31-12-8-7-11-19(26(39)37-24)34-27(40)21-14-33-22(15-32-21)30(42)43-3/h4-6,9-10,14-17,19-20,24H,7-8,11-13H2,1-3H3,(H,31,38)(H,34,40)(H,35,41)(H,37,39)/t19-,20?,24+/m0/s1. The predicted molar refractivity (Wildman–Crippen MR) is 161 cm³/mol. The van der Waals surface area contributed by atoms with E-state index in [0.29, 0.717) is 30.8 Å². The van der Waals surface area contributed by atoms with Gasteiger partial charge in [-0.2, -0.15) is 0 Å². The van der Waals surface area contributed by atoms with Crippen molar-refractivity contribution in [2.24, 2.45) is 5.92 Å². The van der Waals surface area contributed by atoms with E-state index >= 15 is 0 Å². The van der Waals surface area contributed by atoms with Gasteiger partial charge < -0.3 is 26.0 Å². The molecule has 0 spiro atoms. The Morgan fingerprint density at radius 3 is 2.43 bits per heavy atom. The molecule has 0 aliphatic carbocycles. The van der Waals surface area contributed by atoms with E-state index in [-0.39, 0.29) is 35.3 Å². The fourth-order valence-corrected chi connectivity index (χ4v) is 5.58. The average Bonchev–Trinajstić information content (AvgIpc) is 3.52. The van der Waals surface area contributed by atoms with E-state index in [1.165, 1.54) is 18.4 Å². The fraction of sp³-hybridized carbons (Fsp3) is 0.400. The maximum absolute atomic E-state index is 13.5. The van der Waals surface area contributed by atoms with Gasteiger partial charge in [0.05, 0.1) is 25.5 Å². The number of hydrogen-bond donors (Lipinski definition) is 4. The SMILES string of the molecule is COC(=O)c1cnc(C(=O)N[C@H]2CCCCNC(=O)C(Cc3ccccc3)NC(=O)c3csc(n3)[C@@H](C(C)C)NC2=O)cn1. The Kier molecular flexibility index (Phi) is 11.1. The fourth-order valence-electron chi connectivity index (χ4n) is 4.56. The van der Waals surface area contributed by atoms with Gasteiger partial charge in [-0.1, -0.05) is 44.2 Å². The molecule has 4 N–H and O–H groups in total. The van der Waals surface area contributed by atoms with Gasteiger partial charge in [0.15, 0.2) is 5.69 Å². The average molecular weight is 622 g/mol. The van der Waals surface area contributed by atoms with Gasteiger partial charge >= 0.3 is 5.97 Å². The quantitative estimate of drug-likeness (QED) is 0.299. The molecule has 1 aliphatic heterocycles. The summed E-state index contributed by atoms with van der Waals surface area (Å²) in [5.74, 6) is -2.69. The molecule has 1 unspecified atom stereocenters. The molecule has 0 radical (unpaired) electrons. The topological polar surface area (TPSA) is 181 Å². The summed E-state index contributed by atoms with van der Waals surface area (Å²) in [6, 6.07) is 7.11. The zero-order valence-electron chi connectivity index (χ0n) is 24.7. The minimum absolute atomic E-state index is 0.0594. The molecule has 2 bridgehead atoms. The summed E-state index contributed by atoms with van der Waals surface area (Å²) in [5, 5.41) is 13.5. The maximum atomic E-state index is 13.5. The number of rotatable bonds is 6. The predicted octanol–water partition coefficient (Wildman–Crippen LogP) is 1.97. The Morgan fingerprint density at radius 2 is 1.75 bits per heavy atom. The number of nitrogens with zero attached hydrogens (tertiary/aromatic N) is 3. The highest BCUT2D eigenvalue weighted by Crippen LogP contribution is 2.26. The molecule has 0 fully saturated rings. The first-order valence-electron chi connectivity index (χ1n) is 14.3. The number of methoxy groups -OCH3 is 1. The van der Waals surface area contributed by atoms with Gasteiger partial charge in [0.25, 0.3) is 11.8 Å². The Labute approximate surface area is 258 Å². The summed E-state index contributed by atoms with van der Waals surface area (Å²) in [7, 11) is 1.21. The second-order valence-electron chi connectivity index (χ2n) is 10.6. The molecule has 4 rings (SSSR count). The van der Waals surface area contributed by atoms with E-state index in [9.17, 15) is 24.0 Å². The van der Waals surface area contributed by atoms with E-state index in [4.69, 9.17) is 0 Å². The summed E-state index contributed by atoms with van der Waals surface area (Å²) < 4.78 is 4.61. The molecule has 1 aromatic carbocycles. The highest BCUT2D eigenvalue weighted by atomic mass is 32.1. The van der Waals surface area contributed by atoms with Crippen molar-refractivity contribution in [3.8, 4) is 0 Å². The van der Waals surface area contributed by atoms with Crippen LogP contribution in [-0.2, 0) is 20.7 Å². The summed E-state index contributed by atoms with van der Waals surface area (Å²) in [4.78, 5) is 77.0. The number of nitrogens with one attached hydrogen (secondary N) is 4. The number of carbonyl (C=O) groups excluding carboxylic acids is 5. The molecule has 3 aromatic rings. The van der Waals surface area contributed by atoms with Crippen LogP contribution in [0.25, 0.3) is 0 Å². The van der Waals surface area contributed by atoms with Crippen LogP contribution in [0.2, 0.25) is 0 Å². The summed E-state index contributed by atoms with van der Waals surface area (Å²) in [5.41, 5.74) is 0.898. The van der Waals surface area contributed by atoms with Crippen molar-refractivity contribution in [1.29, 1.82) is 0 Å². The number of benzene rings is 1. The minimum atomic E-state index is -0.942. The van der Waals surface area contributed by atoms with Crippen molar-refractivity contribution in [3.05, 3.63) is 75.8 Å². The molecule has 44 heavy (non-hydrogen) atoms. The van der Waals surface area contributed by atoms with E-state index < -0.39 is 41.8 Å². The van der Waals surface area contributed by atoms with Crippen LogP contribution < -0.4 is 21.3 Å². The number of aromatic nitrogens is 3. The van der Waals surface area contributed by atoms with Crippen LogP contribution in [0.3, 0.4) is 0 Å². The van der Waals surface area contributed by atoms with Gasteiger partial charge in [-0.05, 0) is 30.7 Å². The van der Waals surface area contributed by atoms with Crippen LogP contribution in [0.15, 0.2) is 48.1 Å². The van der Waals surface area contributed by atoms with Crippen LogP contribution in [-0.4, -0.2) is 70.3 Å². The lowest BCUT2D eigenvalue weighted by molar-refractivity contribution is -0.124. The van der Waals surface area contributed by atoms with Crippen molar-refractivity contribution in [2.45, 2.75) is 57.7 Å². The van der Waals surface area contributed by atoms with Crippen LogP contribution in [0.4, 0.5) is 0 Å². The molecule has 232 valence electrons. The molecular weight excluding hydrogens is 586 g/mol. The van der Waals surface area contributed by atoms with E-state index in [1.807, 2.05) is 44.2 Å². The molecular formula is C30H35N7O6S. The van der Waals surface area contributed by atoms with Crippen molar-refractivity contribution in [1.82, 2.24) is 36.2 Å². The Hall–Kier alpha value is -4.72. The number of thiazole rings is 1. The Bertz CT molecular complexity index is 1480. The smallest absolute Gasteiger partial charge is 0.358 e. The lowest BCUT2D eigenvalue weighted by Gasteiger charge is -2.25. The summed E-state index contributed by atoms with van der Waals surface area (Å²) in [6.45, 7) is 4.13. The highest BCUT2D eigenvalue weighted by Gasteiger charge is 2.30. The van der Waals surface area contributed by atoms with Crippen molar-refractivity contribution in [3.63, 3.8) is 0 Å². The molecule has 1 aliphatic rings. The van der Waals surface area contributed by atoms with Gasteiger partial charge in [0, 0.05) is 18.3 Å². The normalized spacial score (nSPS) is 19.8. The zero-order valence-corrected chi connectivity index (χ0v) is 25.5. The van der Waals surface area contributed by atoms with Crippen LogP contribution in [0, 0.1) is 5.92 Å². The van der Waals surface area contributed by atoms with Gasteiger partial charge in [-0.15, -0.1) is 11.3 Å². The number of esters is 1. The third-order valence-electron chi connectivity index (χ3n) is 7.01. The lowest BCUT2D eigenvalue weighted by atomic mass is 10.0. The zero-order chi connectivity index (χ0) is 31.6. The Balaban J connectivity index is 1.56. The molecule has 13 nitrogen and oxygen atoms in total. The van der Waals surface area contributed by atoms with Crippen LogP contribution >= 0.6 is 11.3 Å². The monoisotopic (exact) mass is 621 g/mol. The number of carbonyl (C=O) groups is 5. The summed E-state index contributed by atoms with van der Waals surface area (Å²) >= 11 is 1.22. The van der Waals surface area contributed by atoms with Crippen molar-refractivity contribution in [2.75, 3.05) is 13.7 Å². The third-order valence-corrected chi connectivity index (χ3v) is 7.94. The molecule has 14 heteroatoms. The molecule has 0 saturated carbocycles. The largest absolute Gasteiger partial charge is 0.464 e. The van der Waals surface area contributed by atoms with Crippen molar-refractivity contribution >= 4 is 40.9 Å². The first-order chi connectivity index (χ1) is 21.2. The third kappa shape index (κ3) is 8.43. The van der Waals surface area contributed by atoms with Crippen LogP contribution in [0.5, 0.6) is 0 Å². The van der Waals surface area contributed by atoms with E-state index in [1.54, 1.807) is 5.38 Å². The molecule has 0 saturated heterocycles.